The van der Waals surface area contributed by atoms with Crippen LogP contribution in [-0.2, 0) is 6.54 Å². The van der Waals surface area contributed by atoms with E-state index in [-0.39, 0.29) is 11.4 Å². The standard InChI is InChI=1S/C15H20FNO2/c1-10(2)14-4-3-7-17(14)9-12-8-11(15(18)19)5-6-13(12)16/h5-6,8,10,14H,3-4,7,9H2,1-2H3,(H,18,19). The maximum Gasteiger partial charge on any atom is 0.335 e. The van der Waals surface area contributed by atoms with Crippen LogP contribution in [-0.4, -0.2) is 28.6 Å². The number of carboxylic acid groups (broad SMARTS) is 1. The molecule has 0 radical (unpaired) electrons. The predicted molar refractivity (Wildman–Crippen MR) is 71.6 cm³/mol. The molecular formula is C15H20FNO2. The second-order valence-corrected chi connectivity index (χ2v) is 5.54. The first kappa shape index (κ1) is 14.0. The van der Waals surface area contributed by atoms with Gasteiger partial charge in [0.1, 0.15) is 5.82 Å². The van der Waals surface area contributed by atoms with E-state index in [9.17, 15) is 9.18 Å². The van der Waals surface area contributed by atoms with E-state index in [0.29, 0.717) is 24.1 Å². The summed E-state index contributed by atoms with van der Waals surface area (Å²) in [5.74, 6) is -0.796. The van der Waals surface area contributed by atoms with Gasteiger partial charge >= 0.3 is 5.97 Å². The SMILES string of the molecule is CC(C)C1CCCN1Cc1cc(C(=O)O)ccc1F. The van der Waals surface area contributed by atoms with Gasteiger partial charge in [-0.1, -0.05) is 13.8 Å². The van der Waals surface area contributed by atoms with Crippen LogP contribution < -0.4 is 0 Å². The summed E-state index contributed by atoms with van der Waals surface area (Å²) in [5.41, 5.74) is 0.629. The monoisotopic (exact) mass is 265 g/mol. The van der Waals surface area contributed by atoms with Gasteiger partial charge in [0, 0.05) is 18.2 Å². The summed E-state index contributed by atoms with van der Waals surface area (Å²) < 4.78 is 13.8. The average Bonchev–Trinajstić information content (AvgIpc) is 2.80. The highest BCUT2D eigenvalue weighted by atomic mass is 19.1. The molecule has 1 aromatic carbocycles. The van der Waals surface area contributed by atoms with Crippen LogP contribution in [0.1, 0.15) is 42.6 Å². The molecule has 0 aromatic heterocycles. The van der Waals surface area contributed by atoms with Gasteiger partial charge in [0.05, 0.1) is 5.56 Å². The Hall–Kier alpha value is -1.42. The average molecular weight is 265 g/mol. The largest absolute Gasteiger partial charge is 0.478 e. The Morgan fingerprint density at radius 2 is 2.26 bits per heavy atom. The number of carboxylic acids is 1. The molecule has 0 saturated carbocycles. The van der Waals surface area contributed by atoms with Crippen LogP contribution in [0.25, 0.3) is 0 Å². The number of carbonyl (C=O) groups is 1. The van der Waals surface area contributed by atoms with Gasteiger partial charge in [-0.25, -0.2) is 9.18 Å². The molecule has 1 heterocycles. The minimum Gasteiger partial charge on any atom is -0.478 e. The van der Waals surface area contributed by atoms with E-state index in [0.717, 1.165) is 19.4 Å². The van der Waals surface area contributed by atoms with Gasteiger partial charge < -0.3 is 5.11 Å². The smallest absolute Gasteiger partial charge is 0.335 e. The first-order chi connectivity index (χ1) is 8.99. The van der Waals surface area contributed by atoms with E-state index in [2.05, 4.69) is 18.7 Å². The van der Waals surface area contributed by atoms with Crippen molar-refractivity contribution in [3.63, 3.8) is 0 Å². The molecule has 1 aromatic rings. The molecule has 1 aliphatic heterocycles. The Balaban J connectivity index is 2.18. The van der Waals surface area contributed by atoms with E-state index >= 15 is 0 Å². The predicted octanol–water partition coefficient (Wildman–Crippen LogP) is 3.14. The molecule has 0 aliphatic carbocycles. The number of halogens is 1. The molecule has 104 valence electrons. The fourth-order valence-electron chi connectivity index (χ4n) is 2.85. The highest BCUT2D eigenvalue weighted by Crippen LogP contribution is 2.26. The van der Waals surface area contributed by atoms with Crippen LogP contribution in [0.15, 0.2) is 18.2 Å². The third-order valence-electron chi connectivity index (χ3n) is 3.85. The molecular weight excluding hydrogens is 245 g/mol. The summed E-state index contributed by atoms with van der Waals surface area (Å²) in [4.78, 5) is 13.2. The summed E-state index contributed by atoms with van der Waals surface area (Å²) in [7, 11) is 0. The van der Waals surface area contributed by atoms with Crippen molar-refractivity contribution >= 4 is 5.97 Å². The highest BCUT2D eigenvalue weighted by Gasteiger charge is 2.27. The second kappa shape index (κ2) is 5.70. The van der Waals surface area contributed by atoms with Crippen molar-refractivity contribution < 1.29 is 14.3 Å². The maximum absolute atomic E-state index is 13.8. The van der Waals surface area contributed by atoms with Crippen LogP contribution in [0, 0.1) is 11.7 Å². The lowest BCUT2D eigenvalue weighted by Crippen LogP contribution is -2.33. The quantitative estimate of drug-likeness (QED) is 0.909. The Bertz CT molecular complexity index is 473. The number of rotatable bonds is 4. The van der Waals surface area contributed by atoms with Crippen LogP contribution in [0.4, 0.5) is 4.39 Å². The van der Waals surface area contributed by atoms with Gasteiger partial charge in [-0.3, -0.25) is 4.90 Å². The molecule has 0 amide bonds. The van der Waals surface area contributed by atoms with Crippen molar-refractivity contribution in [2.24, 2.45) is 5.92 Å². The lowest BCUT2D eigenvalue weighted by molar-refractivity contribution is 0.0696. The Labute approximate surface area is 113 Å². The van der Waals surface area contributed by atoms with Crippen molar-refractivity contribution in [3.8, 4) is 0 Å². The number of likely N-dealkylation sites (tertiary alicyclic amines) is 1. The van der Waals surface area contributed by atoms with Crippen LogP contribution in [0.5, 0.6) is 0 Å². The molecule has 1 unspecified atom stereocenters. The molecule has 0 bridgehead atoms. The number of aromatic carboxylic acids is 1. The highest BCUT2D eigenvalue weighted by molar-refractivity contribution is 5.87. The molecule has 1 fully saturated rings. The van der Waals surface area contributed by atoms with Crippen molar-refractivity contribution in [1.29, 1.82) is 0 Å². The fourth-order valence-corrected chi connectivity index (χ4v) is 2.85. The number of hydrogen-bond acceptors (Lipinski definition) is 2. The summed E-state index contributed by atoms with van der Waals surface area (Å²) in [5, 5.41) is 8.97. The number of nitrogens with zero attached hydrogens (tertiary/aromatic N) is 1. The minimum atomic E-state index is -1.01. The van der Waals surface area contributed by atoms with E-state index in [1.54, 1.807) is 0 Å². The number of hydrogen-bond donors (Lipinski definition) is 1. The van der Waals surface area contributed by atoms with Crippen LogP contribution in [0.3, 0.4) is 0 Å². The molecule has 1 saturated heterocycles. The lowest BCUT2D eigenvalue weighted by Gasteiger charge is -2.27. The third-order valence-corrected chi connectivity index (χ3v) is 3.85. The zero-order valence-electron chi connectivity index (χ0n) is 11.4. The van der Waals surface area contributed by atoms with Gasteiger partial charge in [0.15, 0.2) is 0 Å². The van der Waals surface area contributed by atoms with E-state index in [1.165, 1.54) is 18.2 Å². The Morgan fingerprint density at radius 3 is 2.89 bits per heavy atom. The maximum atomic E-state index is 13.8. The van der Waals surface area contributed by atoms with Crippen molar-refractivity contribution in [2.75, 3.05) is 6.54 Å². The summed E-state index contributed by atoms with van der Waals surface area (Å²) in [6, 6.07) is 4.48. The summed E-state index contributed by atoms with van der Waals surface area (Å²) in [6.07, 6.45) is 2.26. The first-order valence-corrected chi connectivity index (χ1v) is 6.75. The van der Waals surface area contributed by atoms with Gasteiger partial charge in [0.25, 0.3) is 0 Å². The zero-order chi connectivity index (χ0) is 14.0. The van der Waals surface area contributed by atoms with Gasteiger partial charge in [-0.2, -0.15) is 0 Å². The van der Waals surface area contributed by atoms with Crippen molar-refractivity contribution in [1.82, 2.24) is 4.90 Å². The minimum absolute atomic E-state index is 0.150. The summed E-state index contributed by atoms with van der Waals surface area (Å²) >= 11 is 0. The van der Waals surface area contributed by atoms with Crippen LogP contribution in [0.2, 0.25) is 0 Å². The molecule has 2 rings (SSSR count). The molecule has 1 N–H and O–H groups in total. The number of benzene rings is 1. The van der Waals surface area contributed by atoms with Gasteiger partial charge in [-0.15, -0.1) is 0 Å². The van der Waals surface area contributed by atoms with E-state index in [1.807, 2.05) is 0 Å². The van der Waals surface area contributed by atoms with E-state index < -0.39 is 5.97 Å². The van der Waals surface area contributed by atoms with Gasteiger partial charge in [-0.05, 0) is 43.5 Å². The fraction of sp³-hybridized carbons (Fsp3) is 0.533. The topological polar surface area (TPSA) is 40.5 Å². The lowest BCUT2D eigenvalue weighted by atomic mass is 10.0. The molecule has 1 atom stereocenters. The van der Waals surface area contributed by atoms with Gasteiger partial charge in [0.2, 0.25) is 0 Å². The molecule has 4 heteroatoms. The van der Waals surface area contributed by atoms with Crippen molar-refractivity contribution in [2.45, 2.75) is 39.3 Å². The summed E-state index contributed by atoms with van der Waals surface area (Å²) in [6.45, 7) is 5.80. The molecule has 0 spiro atoms. The Morgan fingerprint density at radius 1 is 1.53 bits per heavy atom. The molecule has 1 aliphatic rings. The Kier molecular flexibility index (Phi) is 4.20. The second-order valence-electron chi connectivity index (χ2n) is 5.54. The normalized spacial score (nSPS) is 20.1. The molecule has 19 heavy (non-hydrogen) atoms. The van der Waals surface area contributed by atoms with Crippen molar-refractivity contribution in [3.05, 3.63) is 35.1 Å². The molecule has 3 nitrogen and oxygen atoms in total. The zero-order valence-corrected chi connectivity index (χ0v) is 11.4. The third kappa shape index (κ3) is 3.13. The first-order valence-electron chi connectivity index (χ1n) is 6.75. The van der Waals surface area contributed by atoms with E-state index in [4.69, 9.17) is 5.11 Å². The van der Waals surface area contributed by atoms with Crippen LogP contribution >= 0.6 is 0 Å².